The standard InChI is InChI=1S/C22H26ClN5O/c1-3-17-19(23)25-20(16-7-5-4-6-8-16)26-21(17)28-12-9-15(10-13-28)18(29)22-24-11-14-27(22)2/h4-8,11,14-15,18,29H,3,9-10,12-13H2,1-2H3. The number of aryl methyl sites for hydroxylation is 1. The first-order valence-corrected chi connectivity index (χ1v) is 10.5. The first-order valence-electron chi connectivity index (χ1n) is 10.1. The van der Waals surface area contributed by atoms with E-state index in [4.69, 9.17) is 16.6 Å². The third kappa shape index (κ3) is 4.00. The Kier molecular flexibility index (Phi) is 5.83. The van der Waals surface area contributed by atoms with E-state index in [2.05, 4.69) is 21.8 Å². The highest BCUT2D eigenvalue weighted by molar-refractivity contribution is 6.30. The number of hydrogen-bond acceptors (Lipinski definition) is 5. The molecule has 7 heteroatoms. The van der Waals surface area contributed by atoms with Gasteiger partial charge in [-0.3, -0.25) is 0 Å². The lowest BCUT2D eigenvalue weighted by Crippen LogP contribution is -2.37. The van der Waals surface area contributed by atoms with Crippen LogP contribution in [0.1, 0.15) is 37.3 Å². The van der Waals surface area contributed by atoms with Gasteiger partial charge in [-0.1, -0.05) is 48.9 Å². The number of imidazole rings is 1. The smallest absolute Gasteiger partial charge is 0.163 e. The van der Waals surface area contributed by atoms with Crippen molar-refractivity contribution in [3.63, 3.8) is 0 Å². The second-order valence-electron chi connectivity index (χ2n) is 7.53. The van der Waals surface area contributed by atoms with Crippen molar-refractivity contribution in [3.05, 3.63) is 59.3 Å². The Hall–Kier alpha value is -2.44. The van der Waals surface area contributed by atoms with Crippen LogP contribution in [0.3, 0.4) is 0 Å². The number of rotatable bonds is 5. The summed E-state index contributed by atoms with van der Waals surface area (Å²) in [4.78, 5) is 16.0. The van der Waals surface area contributed by atoms with Gasteiger partial charge in [0, 0.05) is 43.7 Å². The molecular formula is C22H26ClN5O. The molecule has 6 nitrogen and oxygen atoms in total. The van der Waals surface area contributed by atoms with Crippen molar-refractivity contribution in [2.75, 3.05) is 18.0 Å². The van der Waals surface area contributed by atoms with Crippen LogP contribution in [0.2, 0.25) is 5.15 Å². The molecule has 0 aliphatic carbocycles. The molecule has 1 aromatic carbocycles. The number of hydrogen-bond donors (Lipinski definition) is 1. The molecule has 0 saturated carbocycles. The second-order valence-corrected chi connectivity index (χ2v) is 7.88. The van der Waals surface area contributed by atoms with E-state index in [0.29, 0.717) is 11.0 Å². The van der Waals surface area contributed by atoms with Crippen molar-refractivity contribution in [2.45, 2.75) is 32.3 Å². The van der Waals surface area contributed by atoms with Crippen molar-refractivity contribution < 1.29 is 5.11 Å². The van der Waals surface area contributed by atoms with Crippen LogP contribution in [0.5, 0.6) is 0 Å². The van der Waals surface area contributed by atoms with Gasteiger partial charge in [0.15, 0.2) is 5.82 Å². The zero-order chi connectivity index (χ0) is 20.4. The Bertz CT molecular complexity index is 967. The van der Waals surface area contributed by atoms with Gasteiger partial charge in [0.1, 0.15) is 22.9 Å². The Morgan fingerprint density at radius 1 is 1.17 bits per heavy atom. The summed E-state index contributed by atoms with van der Waals surface area (Å²) in [6.07, 6.45) is 5.58. The van der Waals surface area contributed by atoms with Crippen LogP contribution in [0.4, 0.5) is 5.82 Å². The molecule has 1 unspecified atom stereocenters. The minimum atomic E-state index is -0.545. The number of halogens is 1. The highest BCUT2D eigenvalue weighted by Crippen LogP contribution is 2.34. The molecule has 2 aromatic heterocycles. The molecule has 0 spiro atoms. The predicted molar refractivity (Wildman–Crippen MR) is 115 cm³/mol. The monoisotopic (exact) mass is 411 g/mol. The lowest BCUT2D eigenvalue weighted by molar-refractivity contribution is 0.0824. The summed E-state index contributed by atoms with van der Waals surface area (Å²) >= 11 is 6.54. The van der Waals surface area contributed by atoms with E-state index < -0.39 is 6.10 Å². The fraction of sp³-hybridized carbons (Fsp3) is 0.409. The first-order chi connectivity index (χ1) is 14.1. The van der Waals surface area contributed by atoms with Crippen LogP contribution in [0.15, 0.2) is 42.7 Å². The summed E-state index contributed by atoms with van der Waals surface area (Å²) in [7, 11) is 1.92. The first kappa shape index (κ1) is 19.9. The molecule has 1 saturated heterocycles. The van der Waals surface area contributed by atoms with Crippen LogP contribution in [0.25, 0.3) is 11.4 Å². The van der Waals surface area contributed by atoms with E-state index in [9.17, 15) is 5.11 Å². The lowest BCUT2D eigenvalue weighted by Gasteiger charge is -2.35. The van der Waals surface area contributed by atoms with Crippen molar-refractivity contribution in [1.29, 1.82) is 0 Å². The van der Waals surface area contributed by atoms with Crippen molar-refractivity contribution >= 4 is 17.4 Å². The molecule has 1 aliphatic rings. The van der Waals surface area contributed by atoms with Crippen LogP contribution in [0, 0.1) is 5.92 Å². The average Bonchev–Trinajstić information content (AvgIpc) is 3.19. The van der Waals surface area contributed by atoms with Crippen molar-refractivity contribution in [3.8, 4) is 11.4 Å². The normalized spacial score (nSPS) is 16.2. The van der Waals surface area contributed by atoms with Gasteiger partial charge in [-0.2, -0.15) is 0 Å². The molecule has 4 rings (SSSR count). The van der Waals surface area contributed by atoms with Gasteiger partial charge in [0.05, 0.1) is 0 Å². The molecule has 1 fully saturated rings. The number of benzene rings is 1. The molecule has 3 aromatic rings. The minimum absolute atomic E-state index is 0.184. The van der Waals surface area contributed by atoms with E-state index in [-0.39, 0.29) is 5.92 Å². The van der Waals surface area contributed by atoms with Crippen molar-refractivity contribution in [2.24, 2.45) is 13.0 Å². The molecule has 0 amide bonds. The summed E-state index contributed by atoms with van der Waals surface area (Å²) in [6, 6.07) is 9.92. The number of aliphatic hydroxyl groups excluding tert-OH is 1. The lowest BCUT2D eigenvalue weighted by atomic mass is 9.90. The number of aromatic nitrogens is 4. The van der Waals surface area contributed by atoms with Gasteiger partial charge in [-0.15, -0.1) is 0 Å². The van der Waals surface area contributed by atoms with E-state index in [1.807, 2.05) is 48.1 Å². The molecule has 152 valence electrons. The summed E-state index contributed by atoms with van der Waals surface area (Å²) < 4.78 is 1.89. The van der Waals surface area contributed by atoms with Gasteiger partial charge in [0.2, 0.25) is 0 Å². The zero-order valence-electron chi connectivity index (χ0n) is 16.8. The number of aliphatic hydroxyl groups is 1. The third-order valence-electron chi connectivity index (χ3n) is 5.73. The minimum Gasteiger partial charge on any atom is -0.385 e. The van der Waals surface area contributed by atoms with E-state index in [1.165, 1.54) is 0 Å². The molecule has 1 N–H and O–H groups in total. The van der Waals surface area contributed by atoms with Crippen LogP contribution in [-0.2, 0) is 13.5 Å². The van der Waals surface area contributed by atoms with Crippen molar-refractivity contribution in [1.82, 2.24) is 19.5 Å². The summed E-state index contributed by atoms with van der Waals surface area (Å²) in [6.45, 7) is 3.72. The number of anilines is 1. The number of piperidine rings is 1. The summed E-state index contributed by atoms with van der Waals surface area (Å²) in [5.41, 5.74) is 1.94. The SMILES string of the molecule is CCc1c(Cl)nc(-c2ccccc2)nc1N1CCC(C(O)c2nccn2C)CC1. The van der Waals surface area contributed by atoms with E-state index in [0.717, 1.165) is 55.1 Å². The highest BCUT2D eigenvalue weighted by atomic mass is 35.5. The Balaban J connectivity index is 1.56. The Morgan fingerprint density at radius 2 is 1.90 bits per heavy atom. The molecular weight excluding hydrogens is 386 g/mol. The maximum Gasteiger partial charge on any atom is 0.163 e. The Labute approximate surface area is 176 Å². The van der Waals surface area contributed by atoms with Gasteiger partial charge in [-0.25, -0.2) is 15.0 Å². The maximum atomic E-state index is 10.8. The van der Waals surface area contributed by atoms with Gasteiger partial charge in [-0.05, 0) is 25.2 Å². The van der Waals surface area contributed by atoms with Gasteiger partial charge >= 0.3 is 0 Å². The molecule has 3 heterocycles. The van der Waals surface area contributed by atoms with Crippen LogP contribution >= 0.6 is 11.6 Å². The maximum absolute atomic E-state index is 10.8. The summed E-state index contributed by atoms with van der Waals surface area (Å²) in [5, 5.41) is 11.3. The third-order valence-corrected chi connectivity index (χ3v) is 6.04. The topological polar surface area (TPSA) is 67.1 Å². The number of nitrogens with zero attached hydrogens (tertiary/aromatic N) is 5. The van der Waals surface area contributed by atoms with Crippen LogP contribution < -0.4 is 4.90 Å². The zero-order valence-corrected chi connectivity index (χ0v) is 17.5. The van der Waals surface area contributed by atoms with Gasteiger partial charge in [0.25, 0.3) is 0 Å². The van der Waals surface area contributed by atoms with Crippen LogP contribution in [-0.4, -0.2) is 37.7 Å². The van der Waals surface area contributed by atoms with Gasteiger partial charge < -0.3 is 14.6 Å². The predicted octanol–water partition coefficient (Wildman–Crippen LogP) is 4.04. The molecule has 1 aliphatic heterocycles. The quantitative estimate of drug-likeness (QED) is 0.641. The Morgan fingerprint density at radius 3 is 2.52 bits per heavy atom. The van der Waals surface area contributed by atoms with E-state index >= 15 is 0 Å². The fourth-order valence-corrected chi connectivity index (χ4v) is 4.33. The summed E-state index contributed by atoms with van der Waals surface area (Å²) in [5.74, 6) is 2.48. The molecule has 0 radical (unpaired) electrons. The second kappa shape index (κ2) is 8.51. The molecule has 29 heavy (non-hydrogen) atoms. The average molecular weight is 412 g/mol. The highest BCUT2D eigenvalue weighted by Gasteiger charge is 2.30. The fourth-order valence-electron chi connectivity index (χ4n) is 4.03. The van der Waals surface area contributed by atoms with E-state index in [1.54, 1.807) is 6.20 Å². The largest absolute Gasteiger partial charge is 0.385 e. The molecule has 0 bridgehead atoms. The molecule has 1 atom stereocenters.